The number of likely N-dealkylation sites (tertiary alicyclic amines) is 1. The molecule has 0 aromatic carbocycles. The fourth-order valence-corrected chi connectivity index (χ4v) is 2.62. The van der Waals surface area contributed by atoms with Gasteiger partial charge in [0.15, 0.2) is 11.6 Å². The van der Waals surface area contributed by atoms with Gasteiger partial charge in [0, 0.05) is 20.0 Å². The first-order valence-corrected chi connectivity index (χ1v) is 7.83. The number of nitrogens with zero attached hydrogens (tertiary/aromatic N) is 1. The zero-order valence-corrected chi connectivity index (χ0v) is 14.3. The molecule has 1 amide bonds. The summed E-state index contributed by atoms with van der Waals surface area (Å²) in [5, 5.41) is 14.5. The van der Waals surface area contributed by atoms with Crippen molar-refractivity contribution in [2.24, 2.45) is 5.73 Å². The fourth-order valence-electron chi connectivity index (χ4n) is 2.62. The predicted octanol–water partition coefficient (Wildman–Crippen LogP) is -1.88. The summed E-state index contributed by atoms with van der Waals surface area (Å²) in [5.74, 6) is -1.87. The van der Waals surface area contributed by atoms with E-state index in [0.717, 1.165) is 0 Å². The predicted molar refractivity (Wildman–Crippen MR) is 86.4 cm³/mol. The minimum Gasteiger partial charge on any atom is -0.481 e. The first-order chi connectivity index (χ1) is 11.1. The molecule has 9 nitrogen and oxygen atoms in total. The standard InChI is InChI=1S/C15H26N4O5/c1-9(17-2)11(20)7-18-10(4-5-13(22)23)14(24)15(16)6-12(21)19(3)8-15/h9-10,17-18H,4-8,16H2,1-3H3,(H,22,23)/t9-,10-,15+/m0/s1. The number of Topliss-reactive ketones (excluding diaryl/α,β-unsaturated/α-hetero) is 2. The number of carbonyl (C=O) groups excluding carboxylic acids is 3. The molecule has 0 bridgehead atoms. The van der Waals surface area contributed by atoms with Crippen molar-refractivity contribution in [2.75, 3.05) is 27.2 Å². The molecule has 0 saturated carbocycles. The smallest absolute Gasteiger partial charge is 0.303 e. The van der Waals surface area contributed by atoms with E-state index in [4.69, 9.17) is 10.8 Å². The van der Waals surface area contributed by atoms with Crippen molar-refractivity contribution in [2.45, 2.75) is 43.8 Å². The van der Waals surface area contributed by atoms with Crippen LogP contribution in [0.1, 0.15) is 26.2 Å². The summed E-state index contributed by atoms with van der Waals surface area (Å²) in [6, 6.07) is -1.28. The van der Waals surface area contributed by atoms with Crippen LogP contribution >= 0.6 is 0 Å². The third kappa shape index (κ3) is 5.08. The number of carbonyl (C=O) groups is 4. The van der Waals surface area contributed by atoms with E-state index in [2.05, 4.69) is 10.6 Å². The second-order valence-corrected chi connectivity index (χ2v) is 6.29. The molecule has 1 aliphatic heterocycles. The molecule has 1 aliphatic rings. The third-order valence-corrected chi connectivity index (χ3v) is 4.30. The molecule has 9 heteroatoms. The Labute approximate surface area is 140 Å². The van der Waals surface area contributed by atoms with E-state index in [0.29, 0.717) is 0 Å². The van der Waals surface area contributed by atoms with Gasteiger partial charge in [-0.25, -0.2) is 0 Å². The number of hydrogen-bond acceptors (Lipinski definition) is 7. The number of hydrogen-bond donors (Lipinski definition) is 4. The quantitative estimate of drug-likeness (QED) is 0.361. The maximum atomic E-state index is 12.7. The molecule has 1 rings (SSSR count). The largest absolute Gasteiger partial charge is 0.481 e. The van der Waals surface area contributed by atoms with Gasteiger partial charge >= 0.3 is 5.97 Å². The van der Waals surface area contributed by atoms with Gasteiger partial charge in [0.25, 0.3) is 0 Å². The molecule has 136 valence electrons. The average molecular weight is 342 g/mol. The molecule has 0 radical (unpaired) electrons. The number of rotatable bonds is 10. The first kappa shape index (κ1) is 20.2. The Morgan fingerprint density at radius 2 is 2.04 bits per heavy atom. The average Bonchev–Trinajstić information content (AvgIpc) is 2.79. The van der Waals surface area contributed by atoms with Crippen LogP contribution in [0, 0.1) is 0 Å². The number of likely N-dealkylation sites (N-methyl/N-ethyl adjacent to an activating group) is 2. The lowest BCUT2D eigenvalue weighted by Crippen LogP contribution is -2.58. The van der Waals surface area contributed by atoms with Crippen molar-refractivity contribution in [3.63, 3.8) is 0 Å². The van der Waals surface area contributed by atoms with E-state index in [1.54, 1.807) is 21.0 Å². The Morgan fingerprint density at radius 3 is 2.50 bits per heavy atom. The number of carboxylic acid groups (broad SMARTS) is 1. The molecule has 0 aliphatic carbocycles. The highest BCUT2D eigenvalue weighted by molar-refractivity contribution is 6.00. The first-order valence-electron chi connectivity index (χ1n) is 7.83. The number of nitrogens with two attached hydrogens (primary N) is 1. The molecule has 1 saturated heterocycles. The van der Waals surface area contributed by atoms with Gasteiger partial charge < -0.3 is 26.4 Å². The number of carboxylic acids is 1. The van der Waals surface area contributed by atoms with Crippen LogP contribution in [0.5, 0.6) is 0 Å². The second-order valence-electron chi connectivity index (χ2n) is 6.29. The van der Waals surface area contributed by atoms with Gasteiger partial charge in [0.1, 0.15) is 5.54 Å². The summed E-state index contributed by atoms with van der Waals surface area (Å²) < 4.78 is 0. The van der Waals surface area contributed by atoms with Gasteiger partial charge in [-0.1, -0.05) is 0 Å². The Hall–Kier alpha value is -1.84. The van der Waals surface area contributed by atoms with Gasteiger partial charge in [0.2, 0.25) is 5.91 Å². The van der Waals surface area contributed by atoms with Crippen LogP contribution in [0.15, 0.2) is 0 Å². The Kier molecular flexibility index (Phi) is 7.00. The minimum atomic E-state index is -1.36. The lowest BCUT2D eigenvalue weighted by Gasteiger charge is -2.27. The van der Waals surface area contributed by atoms with Crippen LogP contribution < -0.4 is 16.4 Å². The number of amides is 1. The minimum absolute atomic E-state index is 0.00619. The van der Waals surface area contributed by atoms with Gasteiger partial charge in [0.05, 0.1) is 25.0 Å². The third-order valence-electron chi connectivity index (χ3n) is 4.30. The summed E-state index contributed by atoms with van der Waals surface area (Å²) in [5.41, 5.74) is 4.72. The van der Waals surface area contributed by atoms with Gasteiger partial charge in [-0.05, 0) is 20.4 Å². The van der Waals surface area contributed by atoms with Crippen LogP contribution in [0.4, 0.5) is 0 Å². The molecular weight excluding hydrogens is 316 g/mol. The summed E-state index contributed by atoms with van der Waals surface area (Å²) in [6.45, 7) is 1.68. The molecule has 0 aromatic rings. The van der Waals surface area contributed by atoms with Crippen molar-refractivity contribution < 1.29 is 24.3 Å². The zero-order valence-electron chi connectivity index (χ0n) is 14.3. The monoisotopic (exact) mass is 342 g/mol. The van der Waals surface area contributed by atoms with Crippen molar-refractivity contribution in [3.8, 4) is 0 Å². The SMILES string of the molecule is CN[C@@H](C)C(=O)CN[C@@H](CCC(=O)O)C(=O)[C@@]1(N)CC(=O)N(C)C1. The Bertz CT molecular complexity index is 524. The number of ketones is 2. The number of aliphatic carboxylic acids is 1. The summed E-state index contributed by atoms with van der Waals surface area (Å²) in [6.07, 6.45) is -0.347. The highest BCUT2D eigenvalue weighted by atomic mass is 16.4. The maximum absolute atomic E-state index is 12.7. The molecule has 0 aromatic heterocycles. The van der Waals surface area contributed by atoms with E-state index in [-0.39, 0.29) is 44.0 Å². The second kappa shape index (κ2) is 8.32. The zero-order chi connectivity index (χ0) is 18.5. The lowest BCUT2D eigenvalue weighted by atomic mass is 9.87. The van der Waals surface area contributed by atoms with Gasteiger partial charge in [-0.3, -0.25) is 19.2 Å². The van der Waals surface area contributed by atoms with Gasteiger partial charge in [-0.15, -0.1) is 0 Å². The molecule has 3 atom stereocenters. The van der Waals surface area contributed by atoms with Crippen molar-refractivity contribution in [1.29, 1.82) is 0 Å². The van der Waals surface area contributed by atoms with Crippen LogP contribution in [-0.2, 0) is 19.2 Å². The highest BCUT2D eigenvalue weighted by Crippen LogP contribution is 2.22. The van der Waals surface area contributed by atoms with E-state index in [9.17, 15) is 19.2 Å². The summed E-state index contributed by atoms with van der Waals surface area (Å²) >= 11 is 0. The van der Waals surface area contributed by atoms with Crippen molar-refractivity contribution >= 4 is 23.4 Å². The van der Waals surface area contributed by atoms with Crippen molar-refractivity contribution in [1.82, 2.24) is 15.5 Å². The van der Waals surface area contributed by atoms with Crippen molar-refractivity contribution in [3.05, 3.63) is 0 Å². The Morgan fingerprint density at radius 1 is 1.42 bits per heavy atom. The summed E-state index contributed by atoms with van der Waals surface area (Å²) in [4.78, 5) is 48.5. The van der Waals surface area contributed by atoms with Gasteiger partial charge in [-0.2, -0.15) is 0 Å². The topological polar surface area (TPSA) is 142 Å². The molecule has 0 spiro atoms. The van der Waals surface area contributed by atoms with E-state index in [1.807, 2.05) is 0 Å². The van der Waals surface area contributed by atoms with E-state index < -0.39 is 29.4 Å². The van der Waals surface area contributed by atoms with Crippen LogP contribution in [-0.4, -0.2) is 78.3 Å². The van der Waals surface area contributed by atoms with Crippen LogP contribution in [0.2, 0.25) is 0 Å². The normalized spacial score (nSPS) is 23.2. The molecule has 24 heavy (non-hydrogen) atoms. The molecule has 5 N–H and O–H groups in total. The molecule has 1 fully saturated rings. The van der Waals surface area contributed by atoms with E-state index in [1.165, 1.54) is 4.90 Å². The summed E-state index contributed by atoms with van der Waals surface area (Å²) in [7, 11) is 3.20. The lowest BCUT2D eigenvalue weighted by molar-refractivity contribution is -0.137. The highest BCUT2D eigenvalue weighted by Gasteiger charge is 2.46. The molecular formula is C15H26N4O5. The van der Waals surface area contributed by atoms with E-state index >= 15 is 0 Å². The molecule has 1 heterocycles. The Balaban J connectivity index is 2.81. The molecule has 0 unspecified atom stereocenters. The fraction of sp³-hybridized carbons (Fsp3) is 0.733. The number of nitrogens with one attached hydrogen (secondary N) is 2. The van der Waals surface area contributed by atoms with Crippen LogP contribution in [0.3, 0.4) is 0 Å². The van der Waals surface area contributed by atoms with Crippen LogP contribution in [0.25, 0.3) is 0 Å². The maximum Gasteiger partial charge on any atom is 0.303 e.